The minimum absolute atomic E-state index is 0.283. The minimum Gasteiger partial charge on any atom is -0.459 e. The zero-order valence-corrected chi connectivity index (χ0v) is 13.7. The lowest BCUT2D eigenvalue weighted by atomic mass is 10.1. The van der Waals surface area contributed by atoms with E-state index in [2.05, 4.69) is 0 Å². The molecule has 1 aliphatic heterocycles. The zero-order chi connectivity index (χ0) is 18.5. The molecule has 0 aromatic heterocycles. The number of hydrogen-bond donors (Lipinski definition) is 2. The van der Waals surface area contributed by atoms with Gasteiger partial charge >= 0.3 is 11.9 Å². The lowest BCUT2D eigenvalue weighted by Crippen LogP contribution is -2.39. The highest BCUT2D eigenvalue weighted by Gasteiger charge is 2.46. The molecule has 0 aliphatic carbocycles. The van der Waals surface area contributed by atoms with Crippen molar-refractivity contribution in [2.45, 2.75) is 24.6 Å². The maximum Gasteiger partial charge on any atom is 0.338 e. The van der Waals surface area contributed by atoms with Gasteiger partial charge in [0, 0.05) is 0 Å². The Morgan fingerprint density at radius 1 is 0.885 bits per heavy atom. The van der Waals surface area contributed by atoms with Crippen molar-refractivity contribution < 1.29 is 34.0 Å². The van der Waals surface area contributed by atoms with E-state index in [0.29, 0.717) is 11.1 Å². The number of esters is 2. The summed E-state index contributed by atoms with van der Waals surface area (Å²) in [5.74, 6) is -1.26. The van der Waals surface area contributed by atoms with Crippen molar-refractivity contribution >= 4 is 11.9 Å². The lowest BCUT2D eigenvalue weighted by molar-refractivity contribution is -0.133. The van der Waals surface area contributed by atoms with Crippen molar-refractivity contribution in [1.82, 2.24) is 0 Å². The maximum absolute atomic E-state index is 12.2. The van der Waals surface area contributed by atoms with Gasteiger partial charge in [-0.1, -0.05) is 36.4 Å². The minimum atomic E-state index is -1.54. The lowest BCUT2D eigenvalue weighted by Gasteiger charge is -2.20. The van der Waals surface area contributed by atoms with Crippen LogP contribution < -0.4 is 0 Å². The van der Waals surface area contributed by atoms with Crippen LogP contribution in [0.5, 0.6) is 0 Å². The summed E-state index contributed by atoms with van der Waals surface area (Å²) in [6.07, 6.45) is -5.13. The van der Waals surface area contributed by atoms with Crippen molar-refractivity contribution in [3.8, 4) is 0 Å². The number of aliphatic hydroxyl groups is 2. The van der Waals surface area contributed by atoms with Crippen LogP contribution in [0.2, 0.25) is 0 Å². The Morgan fingerprint density at radius 2 is 1.42 bits per heavy atom. The van der Waals surface area contributed by atoms with Gasteiger partial charge in [0.25, 0.3) is 0 Å². The molecule has 0 amide bonds. The van der Waals surface area contributed by atoms with Crippen LogP contribution in [-0.4, -0.2) is 53.4 Å². The van der Waals surface area contributed by atoms with Crippen LogP contribution in [0, 0.1) is 0 Å². The Hall–Kier alpha value is -2.74. The third kappa shape index (κ3) is 4.08. The predicted molar refractivity (Wildman–Crippen MR) is 89.3 cm³/mol. The Labute approximate surface area is 149 Å². The van der Waals surface area contributed by atoms with Crippen LogP contribution in [-0.2, 0) is 14.2 Å². The molecule has 1 saturated heterocycles. The highest BCUT2D eigenvalue weighted by Crippen LogP contribution is 2.24. The van der Waals surface area contributed by atoms with Crippen LogP contribution in [0.1, 0.15) is 20.7 Å². The van der Waals surface area contributed by atoms with Gasteiger partial charge in [-0.2, -0.15) is 0 Å². The SMILES string of the molecule is O=C(OC[C@H]1O[C@H](O)[C@@H](O)[C@H]1OC(=O)c1ccccc1)c1ccccc1. The molecule has 1 fully saturated rings. The first-order valence-corrected chi connectivity index (χ1v) is 8.06. The monoisotopic (exact) mass is 358 g/mol. The van der Waals surface area contributed by atoms with E-state index in [1.54, 1.807) is 60.7 Å². The molecule has 1 heterocycles. The molecule has 0 bridgehead atoms. The van der Waals surface area contributed by atoms with E-state index in [9.17, 15) is 19.8 Å². The molecular formula is C19H18O7. The number of rotatable bonds is 5. The van der Waals surface area contributed by atoms with Gasteiger partial charge in [-0.25, -0.2) is 9.59 Å². The quantitative estimate of drug-likeness (QED) is 0.773. The van der Waals surface area contributed by atoms with E-state index < -0.39 is 36.5 Å². The number of carbonyl (C=O) groups excluding carboxylic acids is 2. The third-order valence-corrected chi connectivity index (χ3v) is 3.95. The van der Waals surface area contributed by atoms with Crippen molar-refractivity contribution in [1.29, 1.82) is 0 Å². The highest BCUT2D eigenvalue weighted by molar-refractivity contribution is 5.90. The van der Waals surface area contributed by atoms with Crippen LogP contribution in [0.15, 0.2) is 60.7 Å². The fourth-order valence-corrected chi connectivity index (χ4v) is 2.58. The summed E-state index contributed by atoms with van der Waals surface area (Å²) < 4.78 is 15.6. The second-order valence-corrected chi connectivity index (χ2v) is 5.76. The normalized spacial score (nSPS) is 24.8. The van der Waals surface area contributed by atoms with Crippen LogP contribution in [0.25, 0.3) is 0 Å². The predicted octanol–water partition coefficient (Wildman–Crippen LogP) is 1.15. The van der Waals surface area contributed by atoms with Crippen molar-refractivity contribution in [3.63, 3.8) is 0 Å². The van der Waals surface area contributed by atoms with E-state index in [1.165, 1.54) is 0 Å². The molecule has 2 N–H and O–H groups in total. The molecule has 136 valence electrons. The highest BCUT2D eigenvalue weighted by atomic mass is 16.7. The van der Waals surface area contributed by atoms with Gasteiger partial charge in [0.05, 0.1) is 11.1 Å². The zero-order valence-electron chi connectivity index (χ0n) is 13.7. The maximum atomic E-state index is 12.2. The average Bonchev–Trinajstić information content (AvgIpc) is 2.95. The summed E-state index contributed by atoms with van der Waals surface area (Å²) in [5, 5.41) is 19.7. The molecule has 0 spiro atoms. The molecule has 0 saturated carbocycles. The first-order valence-electron chi connectivity index (χ1n) is 8.06. The van der Waals surface area contributed by atoms with Crippen LogP contribution in [0.4, 0.5) is 0 Å². The van der Waals surface area contributed by atoms with Gasteiger partial charge in [0.15, 0.2) is 12.4 Å². The summed E-state index contributed by atoms with van der Waals surface area (Å²) >= 11 is 0. The number of benzene rings is 2. The summed E-state index contributed by atoms with van der Waals surface area (Å²) in [4.78, 5) is 24.2. The standard InChI is InChI=1S/C19H18O7/c20-15-16(26-18(22)13-9-5-2-6-10-13)14(25-19(15)23)11-24-17(21)12-7-3-1-4-8-12/h1-10,14-16,19-20,23H,11H2/t14-,15+,16+,19+/m1/s1. The molecule has 7 heteroatoms. The van der Waals surface area contributed by atoms with Gasteiger partial charge in [0.1, 0.15) is 18.8 Å². The van der Waals surface area contributed by atoms with Crippen molar-refractivity contribution in [2.24, 2.45) is 0 Å². The smallest absolute Gasteiger partial charge is 0.338 e. The number of carbonyl (C=O) groups is 2. The van der Waals surface area contributed by atoms with Gasteiger partial charge in [-0.3, -0.25) is 0 Å². The Kier molecular flexibility index (Phi) is 5.62. The number of ether oxygens (including phenoxy) is 3. The summed E-state index contributed by atoms with van der Waals surface area (Å²) in [6.45, 7) is -0.283. The van der Waals surface area contributed by atoms with Crippen molar-refractivity contribution in [3.05, 3.63) is 71.8 Å². The molecule has 2 aromatic carbocycles. The van der Waals surface area contributed by atoms with E-state index in [4.69, 9.17) is 14.2 Å². The first kappa shape index (κ1) is 18.1. The van der Waals surface area contributed by atoms with E-state index in [-0.39, 0.29) is 6.61 Å². The number of hydrogen-bond acceptors (Lipinski definition) is 7. The second-order valence-electron chi connectivity index (χ2n) is 5.76. The Bertz CT molecular complexity index is 747. The third-order valence-electron chi connectivity index (χ3n) is 3.95. The summed E-state index contributed by atoms with van der Waals surface area (Å²) in [7, 11) is 0. The molecule has 3 rings (SSSR count). The fourth-order valence-electron chi connectivity index (χ4n) is 2.58. The van der Waals surface area contributed by atoms with E-state index in [0.717, 1.165) is 0 Å². The fraction of sp³-hybridized carbons (Fsp3) is 0.263. The van der Waals surface area contributed by atoms with Gasteiger partial charge in [-0.15, -0.1) is 0 Å². The Balaban J connectivity index is 1.63. The molecule has 0 unspecified atom stereocenters. The van der Waals surface area contributed by atoms with Gasteiger partial charge < -0.3 is 24.4 Å². The first-order chi connectivity index (χ1) is 12.6. The Morgan fingerprint density at radius 3 is 2.00 bits per heavy atom. The number of aliphatic hydroxyl groups excluding tert-OH is 2. The summed E-state index contributed by atoms with van der Waals surface area (Å²) in [6, 6.07) is 16.6. The van der Waals surface area contributed by atoms with Crippen LogP contribution in [0.3, 0.4) is 0 Å². The molecular weight excluding hydrogens is 340 g/mol. The van der Waals surface area contributed by atoms with E-state index in [1.807, 2.05) is 0 Å². The molecule has 4 atom stereocenters. The average molecular weight is 358 g/mol. The van der Waals surface area contributed by atoms with Gasteiger partial charge in [0.2, 0.25) is 0 Å². The largest absolute Gasteiger partial charge is 0.459 e. The van der Waals surface area contributed by atoms with E-state index >= 15 is 0 Å². The summed E-state index contributed by atoms with van der Waals surface area (Å²) in [5.41, 5.74) is 0.644. The molecule has 1 aliphatic rings. The molecule has 0 radical (unpaired) electrons. The molecule has 26 heavy (non-hydrogen) atoms. The molecule has 2 aromatic rings. The second kappa shape index (κ2) is 8.09. The van der Waals surface area contributed by atoms with Gasteiger partial charge in [-0.05, 0) is 24.3 Å². The van der Waals surface area contributed by atoms with Crippen molar-refractivity contribution in [2.75, 3.05) is 6.61 Å². The molecule has 7 nitrogen and oxygen atoms in total. The topological polar surface area (TPSA) is 102 Å². The van der Waals surface area contributed by atoms with Crippen LogP contribution >= 0.6 is 0 Å².